The molecule has 1 saturated heterocycles. The second-order valence-corrected chi connectivity index (χ2v) is 5.16. The van der Waals surface area contributed by atoms with Crippen LogP contribution in [0.2, 0.25) is 0 Å². The lowest BCUT2D eigenvalue weighted by Gasteiger charge is -2.22. The van der Waals surface area contributed by atoms with Crippen LogP contribution in [0.5, 0.6) is 0 Å². The summed E-state index contributed by atoms with van der Waals surface area (Å²) < 4.78 is 6.96. The summed E-state index contributed by atoms with van der Waals surface area (Å²) in [6, 6.07) is 7.44. The molecule has 6 nitrogen and oxygen atoms in total. The van der Waals surface area contributed by atoms with Crippen molar-refractivity contribution in [3.05, 3.63) is 54.4 Å². The highest BCUT2D eigenvalue weighted by atomic mass is 16.3. The fraction of sp³-hybridized carbons (Fsp3) is 0.267. The van der Waals surface area contributed by atoms with Crippen molar-refractivity contribution in [3.8, 4) is 0 Å². The van der Waals surface area contributed by atoms with Gasteiger partial charge in [-0.1, -0.05) is 6.07 Å². The Balaban J connectivity index is 1.72. The molecular weight excluding hydrogens is 268 g/mol. The molecule has 4 heterocycles. The van der Waals surface area contributed by atoms with Crippen LogP contribution in [-0.4, -0.2) is 31.9 Å². The normalized spacial score (nSPS) is 18.5. The van der Waals surface area contributed by atoms with Crippen LogP contribution in [0.3, 0.4) is 0 Å². The van der Waals surface area contributed by atoms with E-state index in [1.165, 1.54) is 12.5 Å². The van der Waals surface area contributed by atoms with Gasteiger partial charge in [-0.05, 0) is 31.0 Å². The lowest BCUT2D eigenvalue weighted by Crippen LogP contribution is -2.31. The van der Waals surface area contributed by atoms with Crippen LogP contribution in [0.25, 0.3) is 5.65 Å². The molecule has 0 saturated carbocycles. The van der Waals surface area contributed by atoms with Crippen molar-refractivity contribution in [2.24, 2.45) is 0 Å². The first-order valence-corrected chi connectivity index (χ1v) is 6.97. The highest BCUT2D eigenvalue weighted by Gasteiger charge is 2.33. The van der Waals surface area contributed by atoms with Crippen molar-refractivity contribution in [1.29, 1.82) is 0 Å². The molecule has 0 aliphatic carbocycles. The molecule has 4 rings (SSSR count). The summed E-state index contributed by atoms with van der Waals surface area (Å²) in [5, 5.41) is 8.46. The lowest BCUT2D eigenvalue weighted by atomic mass is 10.2. The Labute approximate surface area is 121 Å². The zero-order chi connectivity index (χ0) is 14.2. The van der Waals surface area contributed by atoms with Gasteiger partial charge >= 0.3 is 0 Å². The molecule has 0 spiro atoms. The van der Waals surface area contributed by atoms with Gasteiger partial charge in [-0.3, -0.25) is 9.20 Å². The summed E-state index contributed by atoms with van der Waals surface area (Å²) in [5.41, 5.74) is 1.38. The van der Waals surface area contributed by atoms with E-state index in [0.717, 1.165) is 30.9 Å². The second-order valence-electron chi connectivity index (χ2n) is 5.16. The van der Waals surface area contributed by atoms with Gasteiger partial charge in [-0.15, -0.1) is 10.2 Å². The van der Waals surface area contributed by atoms with Crippen LogP contribution in [0.4, 0.5) is 0 Å². The maximum atomic E-state index is 12.6. The predicted molar refractivity (Wildman–Crippen MR) is 74.7 cm³/mol. The van der Waals surface area contributed by atoms with E-state index in [-0.39, 0.29) is 11.9 Å². The van der Waals surface area contributed by atoms with Gasteiger partial charge in [-0.2, -0.15) is 0 Å². The van der Waals surface area contributed by atoms with E-state index in [4.69, 9.17) is 4.42 Å². The van der Waals surface area contributed by atoms with Gasteiger partial charge in [0.1, 0.15) is 6.26 Å². The monoisotopic (exact) mass is 282 g/mol. The molecule has 0 radical (unpaired) electrons. The number of amides is 1. The average Bonchev–Trinajstić information content (AvgIpc) is 3.25. The number of rotatable bonds is 2. The number of carbonyl (C=O) groups excluding carboxylic acids is 1. The summed E-state index contributed by atoms with van der Waals surface area (Å²) in [5.74, 6) is 0.805. The van der Waals surface area contributed by atoms with Crippen molar-refractivity contribution < 1.29 is 9.21 Å². The number of hydrogen-bond donors (Lipinski definition) is 0. The van der Waals surface area contributed by atoms with E-state index >= 15 is 0 Å². The standard InChI is InChI=1S/C15H14N4O2/c20-15(11-6-9-21-10-11)18-8-3-4-12(18)14-17-16-13-5-1-2-7-19(13)14/h1-2,5-7,9-10,12H,3-4,8H2. The molecule has 1 fully saturated rings. The minimum atomic E-state index is -0.0372. The molecule has 106 valence electrons. The summed E-state index contributed by atoms with van der Waals surface area (Å²) in [7, 11) is 0. The zero-order valence-corrected chi connectivity index (χ0v) is 11.3. The summed E-state index contributed by atoms with van der Waals surface area (Å²) in [4.78, 5) is 14.4. The molecule has 0 bridgehead atoms. The highest BCUT2D eigenvalue weighted by molar-refractivity contribution is 5.94. The summed E-state index contributed by atoms with van der Waals surface area (Å²) in [6.45, 7) is 0.733. The minimum Gasteiger partial charge on any atom is -0.472 e. The van der Waals surface area contributed by atoms with Crippen molar-refractivity contribution in [2.45, 2.75) is 18.9 Å². The molecule has 1 unspecified atom stereocenters. The molecule has 1 atom stereocenters. The highest BCUT2D eigenvalue weighted by Crippen LogP contribution is 2.32. The molecule has 3 aromatic rings. The molecule has 1 aliphatic heterocycles. The molecule has 1 amide bonds. The first-order chi connectivity index (χ1) is 10.3. The summed E-state index contributed by atoms with van der Waals surface area (Å²) >= 11 is 0. The number of pyridine rings is 1. The van der Waals surface area contributed by atoms with E-state index in [2.05, 4.69) is 10.2 Å². The third-order valence-electron chi connectivity index (χ3n) is 3.92. The SMILES string of the molecule is O=C(c1ccoc1)N1CCCC1c1nnc2ccccn12. The number of carbonyl (C=O) groups is 1. The van der Waals surface area contributed by atoms with E-state index < -0.39 is 0 Å². The lowest BCUT2D eigenvalue weighted by molar-refractivity contribution is 0.0728. The van der Waals surface area contributed by atoms with Gasteiger partial charge in [0.25, 0.3) is 5.91 Å². The molecular formula is C15H14N4O2. The Kier molecular flexibility index (Phi) is 2.73. The number of hydrogen-bond acceptors (Lipinski definition) is 4. The minimum absolute atomic E-state index is 0.0149. The number of fused-ring (bicyclic) bond motifs is 1. The van der Waals surface area contributed by atoms with Gasteiger partial charge in [0.2, 0.25) is 0 Å². The Morgan fingerprint density at radius 3 is 3.10 bits per heavy atom. The maximum absolute atomic E-state index is 12.6. The smallest absolute Gasteiger partial charge is 0.257 e. The molecule has 6 heteroatoms. The van der Waals surface area contributed by atoms with E-state index in [1.54, 1.807) is 6.07 Å². The van der Waals surface area contributed by atoms with Gasteiger partial charge in [0, 0.05) is 12.7 Å². The van der Waals surface area contributed by atoms with Gasteiger partial charge in [0.05, 0.1) is 17.9 Å². The van der Waals surface area contributed by atoms with Crippen LogP contribution in [0.1, 0.15) is 35.1 Å². The quantitative estimate of drug-likeness (QED) is 0.723. The van der Waals surface area contributed by atoms with Gasteiger partial charge < -0.3 is 9.32 Å². The Hall–Kier alpha value is -2.63. The zero-order valence-electron chi connectivity index (χ0n) is 11.3. The van der Waals surface area contributed by atoms with E-state index in [0.29, 0.717) is 5.56 Å². The Morgan fingerprint density at radius 2 is 2.24 bits per heavy atom. The third-order valence-corrected chi connectivity index (χ3v) is 3.92. The third kappa shape index (κ3) is 1.91. The van der Waals surface area contributed by atoms with Gasteiger partial charge in [-0.25, -0.2) is 0 Å². The summed E-state index contributed by atoms with van der Waals surface area (Å²) in [6.07, 6.45) is 6.81. The van der Waals surface area contributed by atoms with E-state index in [1.807, 2.05) is 33.7 Å². The second kappa shape index (κ2) is 4.73. The molecule has 3 aromatic heterocycles. The van der Waals surface area contributed by atoms with Gasteiger partial charge in [0.15, 0.2) is 11.5 Å². The molecule has 1 aliphatic rings. The van der Waals surface area contributed by atoms with Crippen molar-refractivity contribution in [2.75, 3.05) is 6.54 Å². The number of furan rings is 1. The van der Waals surface area contributed by atoms with E-state index in [9.17, 15) is 4.79 Å². The fourth-order valence-electron chi connectivity index (χ4n) is 2.92. The Morgan fingerprint density at radius 1 is 1.29 bits per heavy atom. The largest absolute Gasteiger partial charge is 0.472 e. The van der Waals surface area contributed by atoms with Crippen molar-refractivity contribution in [3.63, 3.8) is 0 Å². The topological polar surface area (TPSA) is 63.6 Å². The molecule has 0 N–H and O–H groups in total. The molecule has 21 heavy (non-hydrogen) atoms. The average molecular weight is 282 g/mol. The number of aromatic nitrogens is 3. The first-order valence-electron chi connectivity index (χ1n) is 6.97. The van der Waals surface area contributed by atoms with Crippen LogP contribution in [-0.2, 0) is 0 Å². The number of likely N-dealkylation sites (tertiary alicyclic amines) is 1. The van der Waals surface area contributed by atoms with Crippen LogP contribution < -0.4 is 0 Å². The fourth-order valence-corrected chi connectivity index (χ4v) is 2.92. The predicted octanol–water partition coefficient (Wildman–Crippen LogP) is 2.30. The number of nitrogens with zero attached hydrogens (tertiary/aromatic N) is 4. The van der Waals surface area contributed by atoms with Crippen LogP contribution >= 0.6 is 0 Å². The van der Waals surface area contributed by atoms with Crippen LogP contribution in [0, 0.1) is 0 Å². The Bertz CT molecular complexity index is 778. The maximum Gasteiger partial charge on any atom is 0.257 e. The van der Waals surface area contributed by atoms with Crippen molar-refractivity contribution >= 4 is 11.6 Å². The van der Waals surface area contributed by atoms with Crippen molar-refractivity contribution in [1.82, 2.24) is 19.5 Å². The first kappa shape index (κ1) is 12.1. The molecule has 0 aromatic carbocycles. The van der Waals surface area contributed by atoms with Crippen LogP contribution in [0.15, 0.2) is 47.4 Å².